The Hall–Kier alpha value is -1.66. The number of methoxy groups -OCH3 is 2. The molecule has 0 atom stereocenters. The fraction of sp³-hybridized carbons (Fsp3) is 0.467. The van der Waals surface area contributed by atoms with Crippen LogP contribution in [0.4, 0.5) is 0 Å². The summed E-state index contributed by atoms with van der Waals surface area (Å²) < 4.78 is 10.8. The van der Waals surface area contributed by atoms with E-state index in [0.717, 1.165) is 41.5 Å². The molecule has 0 radical (unpaired) electrons. The number of ether oxygens (including phenoxy) is 2. The summed E-state index contributed by atoms with van der Waals surface area (Å²) in [6, 6.07) is 5.78. The molecule has 1 aromatic heterocycles. The number of nitrogens with one attached hydrogen (secondary N) is 1. The number of hydrogen-bond acceptors (Lipinski definition) is 6. The van der Waals surface area contributed by atoms with E-state index >= 15 is 0 Å². The van der Waals surface area contributed by atoms with Crippen molar-refractivity contribution < 1.29 is 9.47 Å². The van der Waals surface area contributed by atoms with E-state index in [1.807, 2.05) is 18.2 Å². The second-order valence-electron chi connectivity index (χ2n) is 4.54. The highest BCUT2D eigenvalue weighted by Gasteiger charge is 2.15. The van der Waals surface area contributed by atoms with Gasteiger partial charge in [-0.05, 0) is 25.1 Å². The van der Waals surface area contributed by atoms with Crippen LogP contribution < -0.4 is 14.8 Å². The summed E-state index contributed by atoms with van der Waals surface area (Å²) in [5, 5.41) is 13.8. The third-order valence-corrected chi connectivity index (χ3v) is 4.06. The van der Waals surface area contributed by atoms with Crippen molar-refractivity contribution in [1.29, 1.82) is 0 Å². The lowest BCUT2D eigenvalue weighted by Gasteiger charge is -2.10. The van der Waals surface area contributed by atoms with Crippen molar-refractivity contribution in [3.8, 4) is 22.1 Å². The summed E-state index contributed by atoms with van der Waals surface area (Å²) in [6.45, 7) is 4.12. The van der Waals surface area contributed by atoms with Crippen LogP contribution >= 0.6 is 11.3 Å². The topological polar surface area (TPSA) is 56.3 Å². The van der Waals surface area contributed by atoms with Crippen LogP contribution in [0.5, 0.6) is 11.5 Å². The van der Waals surface area contributed by atoms with Gasteiger partial charge in [0.05, 0.1) is 19.8 Å². The molecule has 2 rings (SSSR count). The van der Waals surface area contributed by atoms with Crippen LogP contribution in [-0.2, 0) is 6.42 Å². The Bertz CT molecular complexity index is 572. The van der Waals surface area contributed by atoms with Crippen molar-refractivity contribution in [2.24, 2.45) is 0 Å². The monoisotopic (exact) mass is 307 g/mol. The van der Waals surface area contributed by atoms with Crippen LogP contribution in [0.2, 0.25) is 0 Å². The second kappa shape index (κ2) is 7.95. The number of aromatic nitrogens is 2. The molecule has 2 aromatic rings. The zero-order valence-corrected chi connectivity index (χ0v) is 13.5. The Balaban J connectivity index is 2.14. The third-order valence-electron chi connectivity index (χ3n) is 3.04. The predicted molar refractivity (Wildman–Crippen MR) is 85.3 cm³/mol. The maximum absolute atomic E-state index is 5.45. The summed E-state index contributed by atoms with van der Waals surface area (Å²) in [4.78, 5) is 0. The molecule has 1 heterocycles. The summed E-state index contributed by atoms with van der Waals surface area (Å²) in [7, 11) is 3.27. The fourth-order valence-corrected chi connectivity index (χ4v) is 2.88. The molecule has 0 amide bonds. The first-order valence-corrected chi connectivity index (χ1v) is 7.86. The van der Waals surface area contributed by atoms with Gasteiger partial charge in [-0.3, -0.25) is 0 Å². The molecule has 0 saturated carbocycles. The van der Waals surface area contributed by atoms with Gasteiger partial charge >= 0.3 is 0 Å². The van der Waals surface area contributed by atoms with E-state index in [2.05, 4.69) is 22.4 Å². The van der Waals surface area contributed by atoms with Gasteiger partial charge in [0.1, 0.15) is 5.01 Å². The van der Waals surface area contributed by atoms with Gasteiger partial charge in [-0.25, -0.2) is 0 Å². The molecule has 1 aromatic carbocycles. The number of nitrogens with zero attached hydrogens (tertiary/aromatic N) is 2. The molecule has 0 unspecified atom stereocenters. The average molecular weight is 307 g/mol. The first kappa shape index (κ1) is 15.7. The largest absolute Gasteiger partial charge is 0.493 e. The second-order valence-corrected chi connectivity index (χ2v) is 5.60. The third kappa shape index (κ3) is 3.92. The summed E-state index contributed by atoms with van der Waals surface area (Å²) >= 11 is 1.59. The molecule has 6 heteroatoms. The molecule has 0 fully saturated rings. The van der Waals surface area contributed by atoms with E-state index in [1.54, 1.807) is 25.6 Å². The van der Waals surface area contributed by atoms with Gasteiger partial charge in [0.15, 0.2) is 16.5 Å². The number of para-hydroxylation sites is 1. The lowest BCUT2D eigenvalue weighted by atomic mass is 10.2. The van der Waals surface area contributed by atoms with Crippen LogP contribution in [0.3, 0.4) is 0 Å². The standard InChI is InChI=1S/C15H21N3O2S/c1-4-9-16-10-8-13-17-18-15(21-13)11-6-5-7-12(19-2)14(11)20-3/h5-7,16H,4,8-10H2,1-3H3. The maximum Gasteiger partial charge on any atom is 0.171 e. The van der Waals surface area contributed by atoms with Gasteiger partial charge in [0.25, 0.3) is 0 Å². The molecule has 21 heavy (non-hydrogen) atoms. The minimum absolute atomic E-state index is 0.701. The van der Waals surface area contributed by atoms with Crippen molar-refractivity contribution in [2.45, 2.75) is 19.8 Å². The molecule has 0 aliphatic carbocycles. The average Bonchev–Trinajstić information content (AvgIpc) is 2.99. The van der Waals surface area contributed by atoms with Crippen LogP contribution in [0.1, 0.15) is 18.4 Å². The van der Waals surface area contributed by atoms with Crippen LogP contribution in [-0.4, -0.2) is 37.5 Å². The normalized spacial score (nSPS) is 10.6. The molecule has 0 aliphatic heterocycles. The highest BCUT2D eigenvalue weighted by molar-refractivity contribution is 7.14. The van der Waals surface area contributed by atoms with Gasteiger partial charge in [-0.2, -0.15) is 0 Å². The van der Waals surface area contributed by atoms with E-state index in [0.29, 0.717) is 11.5 Å². The summed E-state index contributed by atoms with van der Waals surface area (Å²) in [6.07, 6.45) is 2.03. The molecule has 0 aliphatic rings. The smallest absolute Gasteiger partial charge is 0.171 e. The van der Waals surface area contributed by atoms with Gasteiger partial charge in [-0.15, -0.1) is 10.2 Å². The lowest BCUT2D eigenvalue weighted by molar-refractivity contribution is 0.356. The molecule has 1 N–H and O–H groups in total. The van der Waals surface area contributed by atoms with Gasteiger partial charge < -0.3 is 14.8 Å². The lowest BCUT2D eigenvalue weighted by Crippen LogP contribution is -2.17. The van der Waals surface area contributed by atoms with Crippen LogP contribution in [0.15, 0.2) is 18.2 Å². The minimum atomic E-state index is 0.701. The van der Waals surface area contributed by atoms with Gasteiger partial charge in [0, 0.05) is 13.0 Å². The Morgan fingerprint density at radius 1 is 1.14 bits per heavy atom. The van der Waals surface area contributed by atoms with Gasteiger partial charge in [0.2, 0.25) is 0 Å². The molecular weight excluding hydrogens is 286 g/mol. The fourth-order valence-electron chi connectivity index (χ4n) is 2.02. The Morgan fingerprint density at radius 3 is 2.71 bits per heavy atom. The highest BCUT2D eigenvalue weighted by atomic mass is 32.1. The maximum atomic E-state index is 5.45. The van der Waals surface area contributed by atoms with E-state index < -0.39 is 0 Å². The Morgan fingerprint density at radius 2 is 2.00 bits per heavy atom. The van der Waals surface area contributed by atoms with Crippen molar-refractivity contribution >= 4 is 11.3 Å². The highest BCUT2D eigenvalue weighted by Crippen LogP contribution is 2.38. The zero-order chi connectivity index (χ0) is 15.1. The summed E-state index contributed by atoms with van der Waals surface area (Å²) in [5.74, 6) is 1.41. The number of benzene rings is 1. The van der Waals surface area contributed by atoms with Crippen molar-refractivity contribution in [1.82, 2.24) is 15.5 Å². The quantitative estimate of drug-likeness (QED) is 0.760. The zero-order valence-electron chi connectivity index (χ0n) is 12.7. The van der Waals surface area contributed by atoms with E-state index in [-0.39, 0.29) is 0 Å². The SMILES string of the molecule is CCCNCCc1nnc(-c2cccc(OC)c2OC)s1. The Labute approximate surface area is 129 Å². The van der Waals surface area contributed by atoms with Crippen LogP contribution in [0, 0.1) is 0 Å². The number of hydrogen-bond donors (Lipinski definition) is 1. The Kier molecular flexibility index (Phi) is 5.95. The first-order chi connectivity index (χ1) is 10.3. The van der Waals surface area contributed by atoms with Gasteiger partial charge in [-0.1, -0.05) is 24.3 Å². The van der Waals surface area contributed by atoms with Crippen molar-refractivity contribution in [3.63, 3.8) is 0 Å². The molecular formula is C15H21N3O2S. The predicted octanol–water partition coefficient (Wildman–Crippen LogP) is 2.76. The summed E-state index contributed by atoms with van der Waals surface area (Å²) in [5.41, 5.74) is 0.919. The van der Waals surface area contributed by atoms with E-state index in [9.17, 15) is 0 Å². The number of rotatable bonds is 8. The molecule has 0 bridgehead atoms. The van der Waals surface area contributed by atoms with Crippen LogP contribution in [0.25, 0.3) is 10.6 Å². The molecule has 0 spiro atoms. The molecule has 5 nitrogen and oxygen atoms in total. The first-order valence-electron chi connectivity index (χ1n) is 7.04. The van der Waals surface area contributed by atoms with Crippen molar-refractivity contribution in [2.75, 3.05) is 27.3 Å². The minimum Gasteiger partial charge on any atom is -0.493 e. The van der Waals surface area contributed by atoms with E-state index in [1.165, 1.54) is 0 Å². The molecule has 114 valence electrons. The van der Waals surface area contributed by atoms with Crippen molar-refractivity contribution in [3.05, 3.63) is 23.2 Å². The molecule has 0 saturated heterocycles. The van der Waals surface area contributed by atoms with E-state index in [4.69, 9.17) is 9.47 Å².